The number of imidazole rings is 1. The number of halogens is 2. The Morgan fingerprint density at radius 3 is 2.62 bits per heavy atom. The number of aryl methyl sites for hydroxylation is 1. The van der Waals surface area contributed by atoms with Gasteiger partial charge in [-0.1, -0.05) is 27.4 Å². The minimum Gasteiger partial charge on any atom is -0.313 e. The van der Waals surface area contributed by atoms with Gasteiger partial charge in [0.05, 0.1) is 11.4 Å². The first-order chi connectivity index (χ1) is 13.8. The zero-order valence-electron chi connectivity index (χ0n) is 15.6. The van der Waals surface area contributed by atoms with Gasteiger partial charge in [-0.05, 0) is 25.1 Å². The van der Waals surface area contributed by atoms with Crippen molar-refractivity contribution in [2.75, 3.05) is 5.32 Å². The van der Waals surface area contributed by atoms with Crippen LogP contribution in [0.3, 0.4) is 0 Å². The molecule has 0 bridgehead atoms. The highest BCUT2D eigenvalue weighted by Crippen LogP contribution is 2.36. The predicted molar refractivity (Wildman–Crippen MR) is 109 cm³/mol. The van der Waals surface area contributed by atoms with Crippen molar-refractivity contribution in [3.63, 3.8) is 0 Å². The largest absolute Gasteiger partial charge is 0.315 e. The summed E-state index contributed by atoms with van der Waals surface area (Å²) in [6.07, 6.45) is 2.14. The number of nitrogens with zero attached hydrogens (tertiary/aromatic N) is 5. The van der Waals surface area contributed by atoms with E-state index in [1.54, 1.807) is 16.9 Å². The minimum atomic E-state index is -3.17. The highest BCUT2D eigenvalue weighted by atomic mass is 31.0. The van der Waals surface area contributed by atoms with Crippen LogP contribution >= 0.6 is 9.24 Å². The highest BCUT2D eigenvalue weighted by Gasteiger charge is 2.31. The van der Waals surface area contributed by atoms with Gasteiger partial charge in [0.25, 0.3) is 0 Å². The molecule has 7 nitrogen and oxygen atoms in total. The van der Waals surface area contributed by atoms with E-state index in [-0.39, 0.29) is 0 Å². The number of amides is 1. The third-order valence-electron chi connectivity index (χ3n) is 4.60. The van der Waals surface area contributed by atoms with Gasteiger partial charge < -0.3 is 9.88 Å². The van der Waals surface area contributed by atoms with Crippen molar-refractivity contribution >= 4 is 32.6 Å². The second-order valence-electron chi connectivity index (χ2n) is 6.52. The molecule has 1 amide bonds. The van der Waals surface area contributed by atoms with E-state index in [1.807, 2.05) is 37.3 Å². The second kappa shape index (κ2) is 7.00. The summed E-state index contributed by atoms with van der Waals surface area (Å²) >= 11 is 0. The standard InChI is InChI=1S/C19H17F2N6OP/c1-11-15(25-27(16(11)23-10-28)13-6-4-3-5-7-13)12-8-14-17(22-9-12)26(2)18(24-14)19(20,21)29/h3-10H,29H2,1-2H3,(H,23,28). The number of anilines is 1. The molecule has 1 atom stereocenters. The number of alkyl halides is 2. The number of aromatic nitrogens is 5. The molecule has 29 heavy (non-hydrogen) atoms. The first-order valence-corrected chi connectivity index (χ1v) is 9.24. The number of carbonyl (C=O) groups excluding carboxylic acids is 1. The van der Waals surface area contributed by atoms with Gasteiger partial charge in [0, 0.05) is 24.4 Å². The van der Waals surface area contributed by atoms with Gasteiger partial charge in [-0.15, -0.1) is 0 Å². The summed E-state index contributed by atoms with van der Waals surface area (Å²) in [5.41, 5.74) is 0.171. The lowest BCUT2D eigenvalue weighted by atomic mass is 10.1. The van der Waals surface area contributed by atoms with Crippen molar-refractivity contribution in [1.29, 1.82) is 0 Å². The van der Waals surface area contributed by atoms with E-state index >= 15 is 0 Å². The molecule has 4 rings (SSSR count). The molecule has 148 valence electrons. The molecule has 1 N–H and O–H groups in total. The van der Waals surface area contributed by atoms with Gasteiger partial charge in [-0.3, -0.25) is 4.79 Å². The first kappa shape index (κ1) is 19.1. The number of fused-ring (bicyclic) bond motifs is 1. The van der Waals surface area contributed by atoms with E-state index in [4.69, 9.17) is 0 Å². The Hall–Kier alpha value is -3.19. The number of rotatable bonds is 5. The average Bonchev–Trinajstić information content (AvgIpc) is 3.20. The maximum atomic E-state index is 13.8. The molecule has 0 saturated heterocycles. The summed E-state index contributed by atoms with van der Waals surface area (Å²) in [4.78, 5) is 19.5. The third kappa shape index (κ3) is 3.27. The molecule has 3 heterocycles. The second-order valence-corrected chi connectivity index (χ2v) is 7.24. The van der Waals surface area contributed by atoms with Crippen molar-refractivity contribution < 1.29 is 13.6 Å². The fourth-order valence-corrected chi connectivity index (χ4v) is 3.51. The van der Waals surface area contributed by atoms with Gasteiger partial charge in [-0.25, -0.2) is 14.6 Å². The maximum Gasteiger partial charge on any atom is 0.315 e. The molecule has 0 aliphatic rings. The van der Waals surface area contributed by atoms with Gasteiger partial charge in [0.15, 0.2) is 11.5 Å². The fourth-order valence-electron chi connectivity index (χ4n) is 3.26. The summed E-state index contributed by atoms with van der Waals surface area (Å²) in [7, 11) is 2.99. The monoisotopic (exact) mass is 414 g/mol. The molecule has 0 spiro atoms. The molecular weight excluding hydrogens is 397 g/mol. The lowest BCUT2D eigenvalue weighted by Gasteiger charge is -2.08. The molecule has 1 aromatic carbocycles. The van der Waals surface area contributed by atoms with Crippen molar-refractivity contribution in [1.82, 2.24) is 24.3 Å². The molecule has 4 aromatic rings. The fraction of sp³-hybridized carbons (Fsp3) is 0.158. The molecular formula is C19H17F2N6OP. The molecule has 0 aliphatic carbocycles. The number of hydrogen-bond donors (Lipinski definition) is 1. The van der Waals surface area contributed by atoms with Crippen LogP contribution in [0.4, 0.5) is 14.6 Å². The Morgan fingerprint density at radius 1 is 1.24 bits per heavy atom. The number of benzene rings is 1. The average molecular weight is 414 g/mol. The summed E-state index contributed by atoms with van der Waals surface area (Å²) in [6, 6.07) is 11.0. The summed E-state index contributed by atoms with van der Waals surface area (Å²) in [5.74, 6) is 0.122. The lowest BCUT2D eigenvalue weighted by molar-refractivity contribution is -0.105. The minimum absolute atomic E-state index is 0.334. The van der Waals surface area contributed by atoms with Crippen LogP contribution in [-0.4, -0.2) is 30.7 Å². The summed E-state index contributed by atoms with van der Waals surface area (Å²) < 4.78 is 30.4. The molecule has 3 aromatic heterocycles. The number of hydrogen-bond acceptors (Lipinski definition) is 4. The highest BCUT2D eigenvalue weighted by molar-refractivity contribution is 7.17. The zero-order valence-corrected chi connectivity index (χ0v) is 16.8. The van der Waals surface area contributed by atoms with E-state index in [0.29, 0.717) is 34.6 Å². The van der Waals surface area contributed by atoms with Gasteiger partial charge in [-0.2, -0.15) is 13.9 Å². The van der Waals surface area contributed by atoms with Gasteiger partial charge in [0.2, 0.25) is 6.41 Å². The lowest BCUT2D eigenvalue weighted by Crippen LogP contribution is -2.10. The zero-order chi connectivity index (χ0) is 20.8. The number of carbonyl (C=O) groups is 1. The molecule has 0 fully saturated rings. The third-order valence-corrected chi connectivity index (χ3v) is 4.86. The Labute approximate surface area is 167 Å². The first-order valence-electron chi connectivity index (χ1n) is 8.66. The van der Waals surface area contributed by atoms with Crippen LogP contribution < -0.4 is 5.32 Å². The Balaban J connectivity index is 1.88. The van der Waals surface area contributed by atoms with Crippen LogP contribution in [0.2, 0.25) is 0 Å². The van der Waals surface area contributed by atoms with Crippen molar-refractivity contribution in [2.24, 2.45) is 7.05 Å². The molecule has 0 radical (unpaired) electrons. The number of nitrogens with one attached hydrogen (secondary N) is 1. The van der Waals surface area contributed by atoms with Crippen LogP contribution in [0.1, 0.15) is 11.4 Å². The summed E-state index contributed by atoms with van der Waals surface area (Å²) in [5, 5.41) is 7.30. The van der Waals surface area contributed by atoms with Gasteiger partial charge >= 0.3 is 5.66 Å². The SMILES string of the molecule is Cc1c(-c2cnc3c(c2)nc(C(F)(F)P)n3C)nn(-c2ccccc2)c1NC=O. The van der Waals surface area contributed by atoms with E-state index in [9.17, 15) is 13.6 Å². The van der Waals surface area contributed by atoms with E-state index < -0.39 is 11.5 Å². The van der Waals surface area contributed by atoms with E-state index in [2.05, 4.69) is 20.4 Å². The molecule has 1 unspecified atom stereocenters. The Bertz CT molecular complexity index is 1210. The normalized spacial score (nSPS) is 11.8. The van der Waals surface area contributed by atoms with Crippen LogP contribution in [0.15, 0.2) is 42.6 Å². The predicted octanol–water partition coefficient (Wildman–Crippen LogP) is 3.62. The van der Waals surface area contributed by atoms with Crippen molar-refractivity contribution in [3.8, 4) is 16.9 Å². The van der Waals surface area contributed by atoms with Crippen LogP contribution in [-0.2, 0) is 17.5 Å². The van der Waals surface area contributed by atoms with Crippen LogP contribution in [0.25, 0.3) is 28.1 Å². The maximum absolute atomic E-state index is 13.8. The smallest absolute Gasteiger partial charge is 0.313 e. The number of pyridine rings is 1. The van der Waals surface area contributed by atoms with Crippen molar-refractivity contribution in [3.05, 3.63) is 54.0 Å². The molecule has 0 saturated carbocycles. The molecule has 10 heteroatoms. The van der Waals surface area contributed by atoms with Crippen molar-refractivity contribution in [2.45, 2.75) is 12.6 Å². The van der Waals surface area contributed by atoms with Crippen LogP contribution in [0, 0.1) is 6.92 Å². The summed E-state index contributed by atoms with van der Waals surface area (Å²) in [6.45, 7) is 1.82. The topological polar surface area (TPSA) is 77.6 Å². The van der Waals surface area contributed by atoms with Gasteiger partial charge in [0.1, 0.15) is 11.3 Å². The Kier molecular flexibility index (Phi) is 4.62. The van der Waals surface area contributed by atoms with E-state index in [1.165, 1.54) is 20.9 Å². The number of para-hydroxylation sites is 1. The molecule has 0 aliphatic heterocycles. The van der Waals surface area contributed by atoms with Crippen LogP contribution in [0.5, 0.6) is 0 Å². The Morgan fingerprint density at radius 2 is 1.97 bits per heavy atom. The van der Waals surface area contributed by atoms with E-state index in [0.717, 1.165) is 11.3 Å². The quantitative estimate of drug-likeness (QED) is 0.400.